The monoisotopic (exact) mass is 240 g/mol. The van der Waals surface area contributed by atoms with Crippen LogP contribution in [0.2, 0.25) is 0 Å². The van der Waals surface area contributed by atoms with Crippen LogP contribution in [-0.4, -0.2) is 13.0 Å². The zero-order chi connectivity index (χ0) is 13.1. The van der Waals surface area contributed by atoms with Crippen molar-refractivity contribution in [2.75, 3.05) is 17.7 Å². The summed E-state index contributed by atoms with van der Waals surface area (Å²) in [4.78, 5) is 13.8. The molecule has 0 spiro atoms. The third kappa shape index (κ3) is 2.35. The first-order chi connectivity index (χ1) is 8.59. The van der Waals surface area contributed by atoms with Crippen LogP contribution in [0.15, 0.2) is 48.5 Å². The lowest BCUT2D eigenvalue weighted by Crippen LogP contribution is -2.26. The number of hydrogen-bond acceptors (Lipinski definition) is 2. The molecule has 0 fully saturated rings. The number of hydrogen-bond donors (Lipinski definition) is 1. The molecule has 2 aromatic rings. The van der Waals surface area contributed by atoms with Gasteiger partial charge in [0.15, 0.2) is 0 Å². The van der Waals surface area contributed by atoms with E-state index in [0.29, 0.717) is 11.3 Å². The second-order valence-corrected chi connectivity index (χ2v) is 4.29. The molecule has 0 aliphatic rings. The van der Waals surface area contributed by atoms with E-state index in [0.717, 1.165) is 11.3 Å². The summed E-state index contributed by atoms with van der Waals surface area (Å²) in [6, 6.07) is 14.8. The molecule has 3 heteroatoms. The Morgan fingerprint density at radius 2 is 1.67 bits per heavy atom. The lowest BCUT2D eigenvalue weighted by Gasteiger charge is -2.19. The van der Waals surface area contributed by atoms with Gasteiger partial charge in [-0.25, -0.2) is 0 Å². The molecule has 2 rings (SSSR count). The molecule has 0 bridgehead atoms. The number of carbonyl (C=O) groups is 1. The Morgan fingerprint density at radius 1 is 1.06 bits per heavy atom. The fourth-order valence-electron chi connectivity index (χ4n) is 1.79. The quantitative estimate of drug-likeness (QED) is 0.820. The lowest BCUT2D eigenvalue weighted by molar-refractivity contribution is 0.0993. The Morgan fingerprint density at radius 3 is 2.28 bits per heavy atom. The number of amides is 1. The van der Waals surface area contributed by atoms with Crippen LogP contribution >= 0.6 is 0 Å². The van der Waals surface area contributed by atoms with Gasteiger partial charge in [0.2, 0.25) is 0 Å². The summed E-state index contributed by atoms with van der Waals surface area (Å²) in [6.45, 7) is 1.99. The highest BCUT2D eigenvalue weighted by molar-refractivity contribution is 6.07. The maximum Gasteiger partial charge on any atom is 0.258 e. The van der Waals surface area contributed by atoms with Crippen molar-refractivity contribution < 1.29 is 4.79 Å². The average molecular weight is 240 g/mol. The van der Waals surface area contributed by atoms with Crippen LogP contribution in [0, 0.1) is 6.92 Å². The van der Waals surface area contributed by atoms with Gasteiger partial charge in [-0.05, 0) is 31.2 Å². The zero-order valence-electron chi connectivity index (χ0n) is 10.6. The summed E-state index contributed by atoms with van der Waals surface area (Å²) in [5.74, 6) is -0.0621. The van der Waals surface area contributed by atoms with Crippen LogP contribution < -0.4 is 10.6 Å². The van der Waals surface area contributed by atoms with Gasteiger partial charge in [0.25, 0.3) is 5.91 Å². The second kappa shape index (κ2) is 4.92. The highest BCUT2D eigenvalue weighted by atomic mass is 16.2. The predicted molar refractivity (Wildman–Crippen MR) is 74.8 cm³/mol. The van der Waals surface area contributed by atoms with Crippen molar-refractivity contribution >= 4 is 17.3 Å². The molecule has 0 aromatic heterocycles. The number of benzene rings is 2. The Labute approximate surface area is 107 Å². The van der Waals surface area contributed by atoms with Crippen LogP contribution in [0.1, 0.15) is 15.9 Å². The van der Waals surface area contributed by atoms with Gasteiger partial charge in [0, 0.05) is 12.6 Å². The van der Waals surface area contributed by atoms with E-state index in [2.05, 4.69) is 0 Å². The van der Waals surface area contributed by atoms with E-state index in [-0.39, 0.29) is 5.91 Å². The Kier molecular flexibility index (Phi) is 3.33. The van der Waals surface area contributed by atoms with Gasteiger partial charge in [-0.2, -0.15) is 0 Å². The topological polar surface area (TPSA) is 46.3 Å². The first-order valence-electron chi connectivity index (χ1n) is 5.79. The molecule has 3 nitrogen and oxygen atoms in total. The maximum atomic E-state index is 12.3. The highest BCUT2D eigenvalue weighted by Gasteiger charge is 2.14. The van der Waals surface area contributed by atoms with Crippen LogP contribution in [0.3, 0.4) is 0 Å². The largest absolute Gasteiger partial charge is 0.397 e. The smallest absolute Gasteiger partial charge is 0.258 e. The van der Waals surface area contributed by atoms with Crippen LogP contribution in [0.5, 0.6) is 0 Å². The molecule has 0 radical (unpaired) electrons. The van der Waals surface area contributed by atoms with E-state index >= 15 is 0 Å². The number of para-hydroxylation sites is 2. The van der Waals surface area contributed by atoms with Crippen LogP contribution in [0.25, 0.3) is 0 Å². The van der Waals surface area contributed by atoms with Crippen molar-refractivity contribution in [2.45, 2.75) is 6.92 Å². The molecule has 0 unspecified atom stereocenters. The van der Waals surface area contributed by atoms with E-state index in [1.807, 2.05) is 49.4 Å². The van der Waals surface area contributed by atoms with Crippen LogP contribution in [0.4, 0.5) is 11.4 Å². The number of rotatable bonds is 2. The molecule has 18 heavy (non-hydrogen) atoms. The lowest BCUT2D eigenvalue weighted by atomic mass is 10.1. The van der Waals surface area contributed by atoms with Crippen molar-refractivity contribution in [2.24, 2.45) is 0 Å². The maximum absolute atomic E-state index is 12.3. The Balaban J connectivity index is 2.29. The van der Waals surface area contributed by atoms with Crippen molar-refractivity contribution in [1.29, 1.82) is 0 Å². The van der Waals surface area contributed by atoms with Gasteiger partial charge in [0.05, 0.1) is 11.4 Å². The molecule has 2 N–H and O–H groups in total. The van der Waals surface area contributed by atoms with Gasteiger partial charge >= 0.3 is 0 Å². The molecular weight excluding hydrogens is 224 g/mol. The van der Waals surface area contributed by atoms with Gasteiger partial charge in [0.1, 0.15) is 0 Å². The average Bonchev–Trinajstić information content (AvgIpc) is 2.38. The fourth-order valence-corrected chi connectivity index (χ4v) is 1.79. The molecule has 0 heterocycles. The molecule has 0 saturated carbocycles. The predicted octanol–water partition coefficient (Wildman–Crippen LogP) is 2.85. The first kappa shape index (κ1) is 12.2. The fraction of sp³-hybridized carbons (Fsp3) is 0.133. The second-order valence-electron chi connectivity index (χ2n) is 4.29. The number of nitrogens with zero attached hydrogens (tertiary/aromatic N) is 1. The molecule has 0 saturated heterocycles. The van der Waals surface area contributed by atoms with E-state index in [1.54, 1.807) is 18.0 Å². The summed E-state index contributed by atoms with van der Waals surface area (Å²) in [7, 11) is 1.73. The standard InChI is InChI=1S/C15H16N2O/c1-11-7-9-12(10-8-11)15(18)17(2)14-6-4-3-5-13(14)16/h3-10H,16H2,1-2H3. The molecular formula is C15H16N2O. The number of carbonyl (C=O) groups excluding carboxylic acids is 1. The normalized spacial score (nSPS) is 10.1. The summed E-state index contributed by atoms with van der Waals surface area (Å²) < 4.78 is 0. The Bertz CT molecular complexity index is 561. The number of aryl methyl sites for hydroxylation is 1. The van der Waals surface area contributed by atoms with E-state index in [4.69, 9.17) is 5.73 Å². The summed E-state index contributed by atoms with van der Waals surface area (Å²) in [5, 5.41) is 0. The van der Waals surface area contributed by atoms with Gasteiger partial charge < -0.3 is 10.6 Å². The van der Waals surface area contributed by atoms with Crippen molar-refractivity contribution in [3.8, 4) is 0 Å². The molecule has 92 valence electrons. The summed E-state index contributed by atoms with van der Waals surface area (Å²) >= 11 is 0. The molecule has 1 amide bonds. The molecule has 0 aliphatic carbocycles. The molecule has 0 aliphatic heterocycles. The third-order valence-electron chi connectivity index (χ3n) is 2.90. The first-order valence-corrected chi connectivity index (χ1v) is 5.79. The number of nitrogens with two attached hydrogens (primary N) is 1. The number of anilines is 2. The Hall–Kier alpha value is -2.29. The number of nitrogen functional groups attached to an aromatic ring is 1. The van der Waals surface area contributed by atoms with Gasteiger partial charge in [-0.15, -0.1) is 0 Å². The van der Waals surface area contributed by atoms with Crippen molar-refractivity contribution in [3.63, 3.8) is 0 Å². The minimum atomic E-state index is -0.0621. The third-order valence-corrected chi connectivity index (χ3v) is 2.90. The van der Waals surface area contributed by atoms with Crippen molar-refractivity contribution in [1.82, 2.24) is 0 Å². The van der Waals surface area contributed by atoms with E-state index < -0.39 is 0 Å². The van der Waals surface area contributed by atoms with Gasteiger partial charge in [-0.3, -0.25) is 4.79 Å². The summed E-state index contributed by atoms with van der Waals surface area (Å²) in [5.41, 5.74) is 8.98. The highest BCUT2D eigenvalue weighted by Crippen LogP contribution is 2.22. The molecule has 0 atom stereocenters. The molecule has 2 aromatic carbocycles. The van der Waals surface area contributed by atoms with E-state index in [1.165, 1.54) is 0 Å². The van der Waals surface area contributed by atoms with Crippen molar-refractivity contribution in [3.05, 3.63) is 59.7 Å². The van der Waals surface area contributed by atoms with E-state index in [9.17, 15) is 4.79 Å². The summed E-state index contributed by atoms with van der Waals surface area (Å²) in [6.07, 6.45) is 0. The SMILES string of the molecule is Cc1ccc(C(=O)N(C)c2ccccc2N)cc1. The van der Waals surface area contributed by atoms with Crippen LogP contribution in [-0.2, 0) is 0 Å². The van der Waals surface area contributed by atoms with Gasteiger partial charge in [-0.1, -0.05) is 29.8 Å². The minimum absolute atomic E-state index is 0.0621. The zero-order valence-corrected chi connectivity index (χ0v) is 10.6. The minimum Gasteiger partial charge on any atom is -0.397 e.